The third kappa shape index (κ3) is 2.65. The van der Waals surface area contributed by atoms with Crippen LogP contribution in [0, 0.1) is 0 Å². The van der Waals surface area contributed by atoms with Gasteiger partial charge in [-0.3, -0.25) is 9.69 Å². The maximum absolute atomic E-state index is 13.2. The predicted octanol–water partition coefficient (Wildman–Crippen LogP) is 3.86. The minimum atomic E-state index is -1.06. The van der Waals surface area contributed by atoms with Crippen molar-refractivity contribution < 1.29 is 14.0 Å². The summed E-state index contributed by atoms with van der Waals surface area (Å²) in [5.74, 6) is 0.231. The summed E-state index contributed by atoms with van der Waals surface area (Å²) in [5.41, 5.74) is 2.93. The molecule has 1 unspecified atom stereocenters. The van der Waals surface area contributed by atoms with Crippen LogP contribution in [-0.2, 0) is 29.7 Å². The molecule has 3 amide bonds. The van der Waals surface area contributed by atoms with Gasteiger partial charge in [-0.1, -0.05) is 24.3 Å². The van der Waals surface area contributed by atoms with Gasteiger partial charge in [-0.15, -0.1) is 11.3 Å². The smallest absolute Gasteiger partial charge is 0.325 e. The predicted molar refractivity (Wildman–Crippen MR) is 105 cm³/mol. The molecule has 0 saturated carbocycles. The van der Waals surface area contributed by atoms with Crippen molar-refractivity contribution in [1.29, 1.82) is 0 Å². The summed E-state index contributed by atoms with van der Waals surface area (Å²) >= 11 is 1.52. The number of benzene rings is 1. The Morgan fingerprint density at radius 1 is 1.25 bits per heavy atom. The summed E-state index contributed by atoms with van der Waals surface area (Å²) in [6.45, 7) is 1.85. The molecule has 1 aliphatic heterocycles. The SMILES string of the molecule is CC1(c2ccc3c(c2)CCC3)NC(=O)N(Cc2coc(-c3cccs3)n2)C1=O. The van der Waals surface area contributed by atoms with E-state index >= 15 is 0 Å². The van der Waals surface area contributed by atoms with E-state index in [0.717, 1.165) is 29.7 Å². The lowest BCUT2D eigenvalue weighted by atomic mass is 9.89. The van der Waals surface area contributed by atoms with E-state index in [4.69, 9.17) is 4.42 Å². The van der Waals surface area contributed by atoms with E-state index in [-0.39, 0.29) is 12.5 Å². The molecular formula is C21H19N3O3S. The number of nitrogens with one attached hydrogen (secondary N) is 1. The molecule has 5 rings (SSSR count). The zero-order chi connectivity index (χ0) is 19.3. The second kappa shape index (κ2) is 6.31. The number of carbonyl (C=O) groups is 2. The van der Waals surface area contributed by atoms with Crippen LogP contribution < -0.4 is 5.32 Å². The molecule has 1 saturated heterocycles. The molecule has 1 atom stereocenters. The van der Waals surface area contributed by atoms with Crippen LogP contribution in [0.15, 0.2) is 46.4 Å². The van der Waals surface area contributed by atoms with E-state index < -0.39 is 11.6 Å². The van der Waals surface area contributed by atoms with Gasteiger partial charge in [-0.25, -0.2) is 9.78 Å². The number of urea groups is 1. The zero-order valence-corrected chi connectivity index (χ0v) is 16.2. The fraction of sp³-hybridized carbons (Fsp3) is 0.286. The molecule has 1 N–H and O–H groups in total. The van der Waals surface area contributed by atoms with Crippen LogP contribution in [0.2, 0.25) is 0 Å². The monoisotopic (exact) mass is 393 g/mol. The molecule has 0 radical (unpaired) electrons. The number of hydrogen-bond acceptors (Lipinski definition) is 5. The molecule has 0 bridgehead atoms. The van der Waals surface area contributed by atoms with Crippen LogP contribution in [0.1, 0.15) is 35.7 Å². The third-order valence-electron chi connectivity index (χ3n) is 5.55. The lowest BCUT2D eigenvalue weighted by Gasteiger charge is -2.23. The fourth-order valence-electron chi connectivity index (χ4n) is 3.97. The minimum absolute atomic E-state index is 0.0834. The first-order valence-electron chi connectivity index (χ1n) is 9.29. The maximum Gasteiger partial charge on any atom is 0.325 e. The van der Waals surface area contributed by atoms with Gasteiger partial charge in [0.2, 0.25) is 5.89 Å². The molecule has 2 aliphatic rings. The lowest BCUT2D eigenvalue weighted by molar-refractivity contribution is -0.131. The lowest BCUT2D eigenvalue weighted by Crippen LogP contribution is -2.41. The highest BCUT2D eigenvalue weighted by Crippen LogP contribution is 2.33. The summed E-state index contributed by atoms with van der Waals surface area (Å²) in [4.78, 5) is 32.3. The largest absolute Gasteiger partial charge is 0.443 e. The molecule has 1 fully saturated rings. The minimum Gasteiger partial charge on any atom is -0.443 e. The van der Waals surface area contributed by atoms with Crippen LogP contribution >= 0.6 is 11.3 Å². The van der Waals surface area contributed by atoms with Crippen LogP contribution in [0.25, 0.3) is 10.8 Å². The highest BCUT2D eigenvalue weighted by molar-refractivity contribution is 7.13. The van der Waals surface area contributed by atoms with Gasteiger partial charge < -0.3 is 9.73 Å². The Hall–Kier alpha value is -2.93. The summed E-state index contributed by atoms with van der Waals surface area (Å²) in [6, 6.07) is 9.53. The van der Waals surface area contributed by atoms with Gasteiger partial charge in [0.25, 0.3) is 5.91 Å². The van der Waals surface area contributed by atoms with Gasteiger partial charge in [-0.05, 0) is 54.3 Å². The van der Waals surface area contributed by atoms with Crippen molar-refractivity contribution in [3.63, 3.8) is 0 Å². The third-order valence-corrected chi connectivity index (χ3v) is 6.41. The molecule has 2 aromatic heterocycles. The average molecular weight is 393 g/mol. The summed E-state index contributed by atoms with van der Waals surface area (Å²) < 4.78 is 5.51. The number of amides is 3. The topological polar surface area (TPSA) is 75.4 Å². The molecule has 1 aliphatic carbocycles. The van der Waals surface area contributed by atoms with Gasteiger partial charge >= 0.3 is 6.03 Å². The second-order valence-electron chi connectivity index (χ2n) is 7.40. The van der Waals surface area contributed by atoms with Gasteiger partial charge in [-0.2, -0.15) is 0 Å². The van der Waals surface area contributed by atoms with Crippen molar-refractivity contribution in [2.24, 2.45) is 0 Å². The van der Waals surface area contributed by atoms with E-state index in [1.165, 1.54) is 33.6 Å². The molecule has 6 nitrogen and oxygen atoms in total. The number of aryl methyl sites for hydroxylation is 2. The fourth-order valence-corrected chi connectivity index (χ4v) is 4.63. The maximum atomic E-state index is 13.2. The van der Waals surface area contributed by atoms with E-state index in [9.17, 15) is 9.59 Å². The van der Waals surface area contributed by atoms with Crippen LogP contribution in [-0.4, -0.2) is 21.8 Å². The number of carbonyl (C=O) groups excluding carboxylic acids is 2. The summed E-state index contributed by atoms with van der Waals surface area (Å²) in [6.07, 6.45) is 4.74. The van der Waals surface area contributed by atoms with Crippen molar-refractivity contribution in [3.8, 4) is 10.8 Å². The second-order valence-corrected chi connectivity index (χ2v) is 8.35. The molecule has 28 heavy (non-hydrogen) atoms. The molecule has 1 aromatic carbocycles. The van der Waals surface area contributed by atoms with Gasteiger partial charge in [0.05, 0.1) is 17.1 Å². The Bertz CT molecular complexity index is 1070. The first-order valence-corrected chi connectivity index (χ1v) is 10.2. The number of nitrogens with zero attached hydrogens (tertiary/aromatic N) is 2. The van der Waals surface area contributed by atoms with E-state index in [1.807, 2.05) is 23.6 Å². The zero-order valence-electron chi connectivity index (χ0n) is 15.4. The van der Waals surface area contributed by atoms with Crippen molar-refractivity contribution in [3.05, 3.63) is 64.4 Å². The standard InChI is InChI=1S/C21H19N3O3S/c1-21(15-8-7-13-4-2-5-14(13)10-15)19(25)24(20(26)23-21)11-16-12-27-18(22-16)17-6-3-9-28-17/h3,6-10,12H,2,4-5,11H2,1H3,(H,23,26). The number of imide groups is 1. The van der Waals surface area contributed by atoms with Gasteiger partial charge in [0, 0.05) is 0 Å². The van der Waals surface area contributed by atoms with E-state index in [0.29, 0.717) is 11.6 Å². The Morgan fingerprint density at radius 3 is 2.93 bits per heavy atom. The first-order chi connectivity index (χ1) is 13.5. The van der Waals surface area contributed by atoms with Crippen LogP contribution in [0.5, 0.6) is 0 Å². The number of aromatic nitrogens is 1. The molecule has 0 spiro atoms. The number of oxazole rings is 1. The van der Waals surface area contributed by atoms with Crippen LogP contribution in [0.4, 0.5) is 4.79 Å². The Kier molecular flexibility index (Phi) is 3.87. The number of hydrogen-bond donors (Lipinski definition) is 1. The average Bonchev–Trinajstić information content (AvgIpc) is 3.47. The summed E-state index contributed by atoms with van der Waals surface area (Å²) in [5, 5.41) is 4.82. The van der Waals surface area contributed by atoms with Crippen molar-refractivity contribution in [2.45, 2.75) is 38.3 Å². The first kappa shape index (κ1) is 17.2. The van der Waals surface area contributed by atoms with Gasteiger partial charge in [0.1, 0.15) is 11.8 Å². The van der Waals surface area contributed by atoms with Crippen LogP contribution in [0.3, 0.4) is 0 Å². The number of thiophene rings is 1. The normalized spacial score (nSPS) is 21.2. The molecule has 3 heterocycles. The van der Waals surface area contributed by atoms with E-state index in [2.05, 4.69) is 22.4 Å². The highest BCUT2D eigenvalue weighted by Gasteiger charge is 2.49. The molecule has 3 aromatic rings. The molecule has 7 heteroatoms. The Balaban J connectivity index is 1.40. The van der Waals surface area contributed by atoms with E-state index in [1.54, 1.807) is 6.92 Å². The van der Waals surface area contributed by atoms with Crippen molar-refractivity contribution in [2.75, 3.05) is 0 Å². The quantitative estimate of drug-likeness (QED) is 0.683. The molecule has 142 valence electrons. The van der Waals surface area contributed by atoms with Crippen molar-refractivity contribution >= 4 is 23.3 Å². The Labute approximate surface area is 166 Å². The Morgan fingerprint density at radius 2 is 2.11 bits per heavy atom. The number of rotatable bonds is 4. The van der Waals surface area contributed by atoms with Gasteiger partial charge in [0.15, 0.2) is 0 Å². The summed E-state index contributed by atoms with van der Waals surface area (Å²) in [7, 11) is 0. The van der Waals surface area contributed by atoms with Crippen molar-refractivity contribution in [1.82, 2.24) is 15.2 Å². The highest BCUT2D eigenvalue weighted by atomic mass is 32.1. The number of fused-ring (bicyclic) bond motifs is 1. The molecular weight excluding hydrogens is 374 g/mol.